The molecule has 0 aliphatic carbocycles. The average molecular weight is 452 g/mol. The quantitative estimate of drug-likeness (QED) is 0.548. The Balaban J connectivity index is 0.000000391. The fraction of sp³-hybridized carbons (Fsp3) is 0.318. The van der Waals surface area contributed by atoms with Crippen molar-refractivity contribution >= 4 is 39.8 Å². The van der Waals surface area contributed by atoms with Gasteiger partial charge >= 0.3 is 0 Å². The second-order valence-electron chi connectivity index (χ2n) is 6.89. The predicted octanol–water partition coefficient (Wildman–Crippen LogP) is 2.27. The summed E-state index contributed by atoms with van der Waals surface area (Å²) in [6.45, 7) is 8.02. The second-order valence-corrected chi connectivity index (χ2v) is 9.47. The first kappa shape index (κ1) is 22.8. The first-order chi connectivity index (χ1) is 14.9. The lowest BCUT2D eigenvalue weighted by atomic mass is 9.95. The molecule has 0 saturated carbocycles. The molecule has 9 heteroatoms. The van der Waals surface area contributed by atoms with Crippen LogP contribution in [0.25, 0.3) is 11.0 Å². The summed E-state index contributed by atoms with van der Waals surface area (Å²) in [4.78, 5) is 7.51. The van der Waals surface area contributed by atoms with Crippen LogP contribution in [-0.2, 0) is 10.5 Å². The number of aliphatic imine (C=N–C) groups is 1. The largest absolute Gasteiger partial charge is 0.762 e. The maximum atomic E-state index is 11.4. The Labute approximate surface area is 188 Å². The number of hydrogen-bond acceptors (Lipinski definition) is 7. The zero-order valence-corrected chi connectivity index (χ0v) is 18.8. The van der Waals surface area contributed by atoms with E-state index in [4.69, 9.17) is 4.74 Å². The molecule has 3 N–H and O–H groups in total. The lowest BCUT2D eigenvalue weighted by Gasteiger charge is -2.21. The van der Waals surface area contributed by atoms with Crippen molar-refractivity contribution in [1.29, 1.82) is 10.5 Å². The fourth-order valence-electron chi connectivity index (χ4n) is 3.23. The van der Waals surface area contributed by atoms with Crippen molar-refractivity contribution in [2.24, 2.45) is 4.99 Å². The van der Waals surface area contributed by atoms with E-state index >= 15 is 0 Å². The van der Waals surface area contributed by atoms with Crippen LogP contribution in [0.3, 0.4) is 0 Å². The number of quaternary nitrogens is 1. The van der Waals surface area contributed by atoms with Gasteiger partial charge in [-0.15, -0.1) is 22.7 Å². The van der Waals surface area contributed by atoms with E-state index in [1.165, 1.54) is 22.7 Å². The molecule has 7 nitrogen and oxygen atoms in total. The third-order valence-corrected chi connectivity index (χ3v) is 6.80. The number of thiophene rings is 2. The molecule has 158 valence electrons. The number of aryl methyl sites for hydroxylation is 2. The second kappa shape index (κ2) is 9.95. The number of nitrogens with two attached hydrogens (primary N) is 1. The maximum absolute atomic E-state index is 11.4. The highest BCUT2D eigenvalue weighted by Gasteiger charge is 2.45. The highest BCUT2D eigenvalue weighted by Crippen LogP contribution is 2.48. The molecule has 0 spiro atoms. The molecule has 2 aliphatic heterocycles. The van der Waals surface area contributed by atoms with E-state index in [0.717, 1.165) is 36.1 Å². The Morgan fingerprint density at radius 2 is 1.84 bits per heavy atom. The summed E-state index contributed by atoms with van der Waals surface area (Å²) >= 11 is 2.78. The van der Waals surface area contributed by atoms with Gasteiger partial charge in [0.1, 0.15) is 17.9 Å². The molecule has 2 aromatic rings. The van der Waals surface area contributed by atoms with Crippen molar-refractivity contribution < 1.29 is 15.2 Å². The SMILES string of the molecule is C1COCC[NH2+]1.Cc1ccc(C2=C(C#N)C(C(=C=[N-])C#N)=NC2(O)c2ccc(C)s2)s1. The molecule has 0 amide bonds. The van der Waals surface area contributed by atoms with E-state index in [1.807, 2.05) is 38.1 Å². The van der Waals surface area contributed by atoms with Gasteiger partial charge in [-0.05, 0) is 38.1 Å². The van der Waals surface area contributed by atoms with Crippen LogP contribution < -0.4 is 5.32 Å². The molecule has 1 fully saturated rings. The summed E-state index contributed by atoms with van der Waals surface area (Å²) in [7, 11) is 0. The monoisotopic (exact) mass is 451 g/mol. The van der Waals surface area contributed by atoms with Gasteiger partial charge in [0.25, 0.3) is 0 Å². The van der Waals surface area contributed by atoms with Gasteiger partial charge in [0.05, 0.1) is 42.3 Å². The Morgan fingerprint density at radius 3 is 2.26 bits per heavy atom. The van der Waals surface area contributed by atoms with E-state index in [1.54, 1.807) is 18.0 Å². The van der Waals surface area contributed by atoms with Crippen molar-refractivity contribution in [3.63, 3.8) is 0 Å². The van der Waals surface area contributed by atoms with Gasteiger partial charge in [-0.1, -0.05) is 0 Å². The number of rotatable bonds is 3. The van der Waals surface area contributed by atoms with Gasteiger partial charge in [0.2, 0.25) is 5.72 Å². The molecule has 1 atom stereocenters. The van der Waals surface area contributed by atoms with Crippen LogP contribution in [0.15, 0.2) is 40.4 Å². The van der Waals surface area contributed by atoms with Crippen molar-refractivity contribution in [2.75, 3.05) is 26.3 Å². The molecule has 4 rings (SSSR count). The van der Waals surface area contributed by atoms with Crippen LogP contribution in [-0.4, -0.2) is 43.0 Å². The minimum absolute atomic E-state index is 0.0536. The van der Waals surface area contributed by atoms with Crippen LogP contribution in [0.5, 0.6) is 0 Å². The number of allylic oxidation sites excluding steroid dienone is 2. The molecule has 0 aromatic carbocycles. The number of ether oxygens (including phenoxy) is 1. The molecule has 2 aliphatic rings. The first-order valence-corrected chi connectivity index (χ1v) is 11.3. The Hall–Kier alpha value is -2.88. The topological polar surface area (TPSA) is 128 Å². The number of nitrogens with zero attached hydrogens (tertiary/aromatic N) is 4. The van der Waals surface area contributed by atoms with Gasteiger partial charge in [0.15, 0.2) is 0 Å². The molecule has 0 bridgehead atoms. The highest BCUT2D eigenvalue weighted by atomic mass is 32.1. The summed E-state index contributed by atoms with van der Waals surface area (Å²) in [6.07, 6.45) is 0. The van der Waals surface area contributed by atoms with E-state index < -0.39 is 5.72 Å². The highest BCUT2D eigenvalue weighted by molar-refractivity contribution is 7.13. The molecule has 1 saturated heterocycles. The minimum atomic E-state index is -1.78. The lowest BCUT2D eigenvalue weighted by molar-refractivity contribution is -0.670. The number of hydrogen-bond donors (Lipinski definition) is 2. The first-order valence-electron chi connectivity index (χ1n) is 9.62. The summed E-state index contributed by atoms with van der Waals surface area (Å²) in [5.41, 5.74) is -1.73. The lowest BCUT2D eigenvalue weighted by Crippen LogP contribution is -2.87. The number of nitriles is 2. The van der Waals surface area contributed by atoms with Gasteiger partial charge < -0.3 is 20.6 Å². The van der Waals surface area contributed by atoms with Crippen LogP contribution in [0, 0.1) is 36.5 Å². The number of aliphatic hydroxyl groups is 1. The standard InChI is InChI=1S/C18H11N4OS2.C4H9NO/c1-10-3-5-14(24-10)16-13(9-21)17(12(7-19)8-20)22-18(16,23)15-6-4-11(2)25-15;1-3-6-4-2-5-1/h3-6,23H,1-2H3;5H,1-4H2/q-1;/p+1. The van der Waals surface area contributed by atoms with Crippen LogP contribution in [0.2, 0.25) is 0 Å². The Bertz CT molecular complexity index is 1160. The van der Waals surface area contributed by atoms with E-state index in [-0.39, 0.29) is 16.9 Å². The van der Waals surface area contributed by atoms with Crippen molar-refractivity contribution in [1.82, 2.24) is 0 Å². The fourth-order valence-corrected chi connectivity index (χ4v) is 5.11. The van der Waals surface area contributed by atoms with E-state index in [0.29, 0.717) is 15.3 Å². The van der Waals surface area contributed by atoms with Gasteiger partial charge in [0, 0.05) is 20.2 Å². The van der Waals surface area contributed by atoms with Crippen LogP contribution in [0.1, 0.15) is 19.5 Å². The minimum Gasteiger partial charge on any atom is -0.762 e. The summed E-state index contributed by atoms with van der Waals surface area (Å²) in [5, 5.41) is 41.8. The molecular weight excluding hydrogens is 430 g/mol. The average Bonchev–Trinajstić information content (AvgIpc) is 3.48. The normalized spacial score (nSPS) is 20.1. The van der Waals surface area contributed by atoms with Crippen molar-refractivity contribution in [3.8, 4) is 12.1 Å². The molecular formula is C22H21N5O2S2. The van der Waals surface area contributed by atoms with Gasteiger partial charge in [-0.25, -0.2) is 10.9 Å². The molecule has 0 radical (unpaired) electrons. The molecule has 31 heavy (non-hydrogen) atoms. The van der Waals surface area contributed by atoms with Crippen molar-refractivity contribution in [3.05, 3.63) is 60.3 Å². The van der Waals surface area contributed by atoms with Gasteiger partial charge in [-0.2, -0.15) is 10.5 Å². The van der Waals surface area contributed by atoms with Gasteiger partial charge in [-0.3, -0.25) is 0 Å². The maximum Gasteiger partial charge on any atom is 0.221 e. The summed E-state index contributed by atoms with van der Waals surface area (Å²) in [6, 6.07) is 11.1. The summed E-state index contributed by atoms with van der Waals surface area (Å²) < 4.78 is 5.04. The number of morpholine rings is 1. The Morgan fingerprint density at radius 1 is 1.16 bits per heavy atom. The molecule has 2 aromatic heterocycles. The summed E-state index contributed by atoms with van der Waals surface area (Å²) in [5.74, 6) is 1.76. The third kappa shape index (κ3) is 4.73. The zero-order chi connectivity index (χ0) is 22.4. The Kier molecular flexibility index (Phi) is 7.32. The van der Waals surface area contributed by atoms with E-state index in [2.05, 4.69) is 10.3 Å². The van der Waals surface area contributed by atoms with Crippen molar-refractivity contribution in [2.45, 2.75) is 19.6 Å². The molecule has 1 unspecified atom stereocenters. The van der Waals surface area contributed by atoms with E-state index in [9.17, 15) is 21.0 Å². The predicted molar refractivity (Wildman–Crippen MR) is 122 cm³/mol. The van der Waals surface area contributed by atoms with Crippen LogP contribution >= 0.6 is 22.7 Å². The third-order valence-electron chi connectivity index (χ3n) is 4.68. The zero-order valence-electron chi connectivity index (χ0n) is 17.2. The molecule has 4 heterocycles. The smallest absolute Gasteiger partial charge is 0.221 e. The van der Waals surface area contributed by atoms with Crippen LogP contribution in [0.4, 0.5) is 0 Å².